The average molecular weight is 623 g/mol. The molecule has 1 aliphatic heterocycles. The fourth-order valence-corrected chi connectivity index (χ4v) is 7.18. The van der Waals surface area contributed by atoms with Crippen molar-refractivity contribution in [3.8, 4) is 0 Å². The summed E-state index contributed by atoms with van der Waals surface area (Å²) in [6, 6.07) is 16.9. The summed E-state index contributed by atoms with van der Waals surface area (Å²) in [4.78, 5) is 40.1. The molecule has 0 bridgehead atoms. The highest BCUT2D eigenvalue weighted by molar-refractivity contribution is 7.89. The van der Waals surface area contributed by atoms with Crippen molar-refractivity contribution >= 4 is 44.4 Å². The average Bonchev–Trinajstić information content (AvgIpc) is 2.95. The standard InChI is InChI=1S/C33H42N4O6S/c1-21-12-7-8-14-24(21)29(38)35-27-17-18-28(26-16-10-9-15-25(26)27)44(41,42)36-22(2)23-13-11-19-37(20-23)30(39)33(6,32(3,4)5)43-31(34)40/h7-10,12,14-18,22-23,36H,11,13,19-20H2,1-6H3,(H2,34,40)(H,35,38). The van der Waals surface area contributed by atoms with Crippen LogP contribution in [0.25, 0.3) is 10.8 Å². The van der Waals surface area contributed by atoms with Crippen molar-refractivity contribution in [2.45, 2.75) is 70.9 Å². The van der Waals surface area contributed by atoms with Crippen LogP contribution in [0.2, 0.25) is 0 Å². The van der Waals surface area contributed by atoms with Crippen LogP contribution in [0.5, 0.6) is 0 Å². The largest absolute Gasteiger partial charge is 0.433 e. The van der Waals surface area contributed by atoms with Gasteiger partial charge in [0.2, 0.25) is 10.0 Å². The predicted molar refractivity (Wildman–Crippen MR) is 171 cm³/mol. The number of piperidine rings is 1. The molecular formula is C33H42N4O6S. The normalized spacial score (nSPS) is 17.9. The van der Waals surface area contributed by atoms with Crippen LogP contribution >= 0.6 is 0 Å². The minimum Gasteiger partial charge on any atom is -0.433 e. The number of sulfonamides is 1. The van der Waals surface area contributed by atoms with E-state index in [0.717, 1.165) is 5.56 Å². The molecule has 10 nitrogen and oxygen atoms in total. The number of nitrogens with two attached hydrogens (primary N) is 1. The monoisotopic (exact) mass is 622 g/mol. The number of anilines is 1. The summed E-state index contributed by atoms with van der Waals surface area (Å²) in [5.74, 6) is -0.826. The summed E-state index contributed by atoms with van der Waals surface area (Å²) in [7, 11) is -4.00. The summed E-state index contributed by atoms with van der Waals surface area (Å²) in [6.45, 7) is 11.4. The third-order valence-corrected chi connectivity index (χ3v) is 10.4. The molecule has 1 fully saturated rings. The summed E-state index contributed by atoms with van der Waals surface area (Å²) >= 11 is 0. The van der Waals surface area contributed by atoms with Crippen molar-refractivity contribution in [2.24, 2.45) is 17.1 Å². The summed E-state index contributed by atoms with van der Waals surface area (Å²) in [6.07, 6.45) is 0.344. The van der Waals surface area contributed by atoms with Gasteiger partial charge >= 0.3 is 6.09 Å². The lowest BCUT2D eigenvalue weighted by molar-refractivity contribution is -0.162. The van der Waals surface area contributed by atoms with Crippen molar-refractivity contribution in [1.82, 2.24) is 9.62 Å². The van der Waals surface area contributed by atoms with E-state index in [2.05, 4.69) is 10.0 Å². The Morgan fingerprint density at radius 1 is 0.977 bits per heavy atom. The molecule has 0 radical (unpaired) electrons. The van der Waals surface area contributed by atoms with Gasteiger partial charge in [-0.2, -0.15) is 0 Å². The van der Waals surface area contributed by atoms with E-state index in [4.69, 9.17) is 10.5 Å². The number of amides is 3. The second-order valence-corrected chi connectivity index (χ2v) is 14.4. The molecule has 3 aromatic rings. The molecule has 0 saturated carbocycles. The van der Waals surface area contributed by atoms with Gasteiger partial charge in [0, 0.05) is 46.6 Å². The highest BCUT2D eigenvalue weighted by Gasteiger charge is 2.50. The maximum Gasteiger partial charge on any atom is 0.405 e. The lowest BCUT2D eigenvalue weighted by Gasteiger charge is -2.44. The SMILES string of the molecule is Cc1ccccc1C(=O)Nc1ccc(S(=O)(=O)NC(C)C2CCCN(C(=O)C(C)(OC(N)=O)C(C)(C)C)C2)c2ccccc12. The predicted octanol–water partition coefficient (Wildman–Crippen LogP) is 5.21. The lowest BCUT2D eigenvalue weighted by Crippen LogP contribution is -2.60. The first kappa shape index (κ1) is 32.9. The van der Waals surface area contributed by atoms with E-state index in [-0.39, 0.29) is 22.6 Å². The zero-order chi connectivity index (χ0) is 32.4. The zero-order valence-corrected chi connectivity index (χ0v) is 27.0. The molecule has 4 rings (SSSR count). The second kappa shape index (κ2) is 12.6. The van der Waals surface area contributed by atoms with E-state index < -0.39 is 33.2 Å². The third-order valence-electron chi connectivity index (χ3n) is 8.75. The molecule has 1 heterocycles. The molecule has 1 saturated heterocycles. The number of nitrogens with zero attached hydrogens (tertiary/aromatic N) is 1. The Morgan fingerprint density at radius 2 is 1.61 bits per heavy atom. The van der Waals surface area contributed by atoms with Crippen molar-refractivity contribution in [3.63, 3.8) is 0 Å². The van der Waals surface area contributed by atoms with Crippen LogP contribution in [0.3, 0.4) is 0 Å². The van der Waals surface area contributed by atoms with Gasteiger partial charge in [0.1, 0.15) is 0 Å². The summed E-state index contributed by atoms with van der Waals surface area (Å²) < 4.78 is 35.7. The smallest absolute Gasteiger partial charge is 0.405 e. The number of rotatable bonds is 8. The van der Waals surface area contributed by atoms with E-state index in [0.29, 0.717) is 48.0 Å². The Labute approximate surface area is 259 Å². The Bertz CT molecular complexity index is 1680. The molecule has 4 N–H and O–H groups in total. The fourth-order valence-electron chi connectivity index (χ4n) is 5.66. The van der Waals surface area contributed by atoms with Crippen LogP contribution in [0.1, 0.15) is 63.4 Å². The maximum atomic E-state index is 13.8. The van der Waals surface area contributed by atoms with E-state index in [9.17, 15) is 22.8 Å². The molecule has 1 aliphatic rings. The fraction of sp³-hybridized carbons (Fsp3) is 0.424. The first-order valence-electron chi connectivity index (χ1n) is 14.7. The molecule has 3 aromatic carbocycles. The van der Waals surface area contributed by atoms with Crippen molar-refractivity contribution in [1.29, 1.82) is 0 Å². The number of nitrogens with one attached hydrogen (secondary N) is 2. The molecule has 236 valence electrons. The van der Waals surface area contributed by atoms with Gasteiger partial charge in [-0.3, -0.25) is 9.59 Å². The molecule has 3 unspecified atom stereocenters. The number of carbonyl (C=O) groups is 3. The van der Waals surface area contributed by atoms with Crippen LogP contribution in [-0.4, -0.2) is 56.0 Å². The first-order chi connectivity index (χ1) is 20.5. The van der Waals surface area contributed by atoms with Gasteiger partial charge in [-0.1, -0.05) is 63.2 Å². The number of fused-ring (bicyclic) bond motifs is 1. The number of carbonyl (C=O) groups excluding carboxylic acids is 3. The van der Waals surface area contributed by atoms with Crippen LogP contribution in [0, 0.1) is 18.3 Å². The van der Waals surface area contributed by atoms with Gasteiger partial charge in [0.25, 0.3) is 11.8 Å². The number of benzene rings is 3. The van der Waals surface area contributed by atoms with Gasteiger partial charge in [0.15, 0.2) is 5.60 Å². The van der Waals surface area contributed by atoms with E-state index in [1.165, 1.54) is 6.07 Å². The number of likely N-dealkylation sites (tertiary alicyclic amines) is 1. The number of ether oxygens (including phenoxy) is 1. The second-order valence-electron chi connectivity index (χ2n) is 12.7. The molecule has 44 heavy (non-hydrogen) atoms. The summed E-state index contributed by atoms with van der Waals surface area (Å²) in [5, 5.41) is 4.00. The van der Waals surface area contributed by atoms with E-state index in [1.807, 2.05) is 19.1 Å². The molecular weight excluding hydrogens is 580 g/mol. The molecule has 0 aliphatic carbocycles. The maximum absolute atomic E-state index is 13.8. The van der Waals surface area contributed by atoms with Crippen LogP contribution in [-0.2, 0) is 19.6 Å². The Balaban J connectivity index is 1.55. The third kappa shape index (κ3) is 6.73. The first-order valence-corrected chi connectivity index (χ1v) is 16.2. The summed E-state index contributed by atoms with van der Waals surface area (Å²) in [5.41, 5.74) is 4.97. The van der Waals surface area contributed by atoms with E-state index in [1.54, 1.807) is 82.0 Å². The van der Waals surface area contributed by atoms with Gasteiger partial charge in [-0.25, -0.2) is 17.9 Å². The molecule has 0 spiro atoms. The van der Waals surface area contributed by atoms with Crippen LogP contribution in [0.4, 0.5) is 10.5 Å². The van der Waals surface area contributed by atoms with E-state index >= 15 is 0 Å². The van der Waals surface area contributed by atoms with Crippen LogP contribution < -0.4 is 15.8 Å². The van der Waals surface area contributed by atoms with Gasteiger partial charge in [0.05, 0.1) is 4.90 Å². The van der Waals surface area contributed by atoms with Crippen LogP contribution in [0.15, 0.2) is 65.6 Å². The Morgan fingerprint density at radius 3 is 2.25 bits per heavy atom. The number of hydrogen-bond acceptors (Lipinski definition) is 6. The number of primary amides is 1. The molecule has 0 aromatic heterocycles. The zero-order valence-electron chi connectivity index (χ0n) is 26.1. The number of aryl methyl sites for hydroxylation is 1. The quantitative estimate of drug-likeness (QED) is 0.314. The Hall–Kier alpha value is -3.96. The molecule has 3 amide bonds. The minimum atomic E-state index is -4.00. The van der Waals surface area contributed by atoms with Gasteiger partial charge in [-0.05, 0) is 63.3 Å². The molecule has 3 atom stereocenters. The van der Waals surface area contributed by atoms with Gasteiger partial charge in [-0.15, -0.1) is 0 Å². The van der Waals surface area contributed by atoms with Crippen molar-refractivity contribution in [3.05, 3.63) is 71.8 Å². The highest BCUT2D eigenvalue weighted by atomic mass is 32.2. The lowest BCUT2D eigenvalue weighted by atomic mass is 9.76. The van der Waals surface area contributed by atoms with Gasteiger partial charge < -0.3 is 20.7 Å². The molecule has 11 heteroatoms. The number of hydrogen-bond donors (Lipinski definition) is 3. The minimum absolute atomic E-state index is 0.0905. The highest BCUT2D eigenvalue weighted by Crippen LogP contribution is 2.37. The topological polar surface area (TPSA) is 148 Å². The Kier molecular flexibility index (Phi) is 9.41. The van der Waals surface area contributed by atoms with Crippen molar-refractivity contribution < 1.29 is 27.5 Å². The van der Waals surface area contributed by atoms with Crippen molar-refractivity contribution in [2.75, 3.05) is 18.4 Å².